The molecule has 0 aliphatic rings. The summed E-state index contributed by atoms with van der Waals surface area (Å²) in [5, 5.41) is 8.88. The van der Waals surface area contributed by atoms with Crippen molar-refractivity contribution < 1.29 is 18.3 Å². The van der Waals surface area contributed by atoms with Crippen LogP contribution in [-0.2, 0) is 14.8 Å². The van der Waals surface area contributed by atoms with Crippen LogP contribution in [-0.4, -0.2) is 39.5 Å². The van der Waals surface area contributed by atoms with Gasteiger partial charge in [0.05, 0.1) is 11.9 Å². The van der Waals surface area contributed by atoms with Crippen LogP contribution < -0.4 is 4.72 Å². The van der Waals surface area contributed by atoms with Gasteiger partial charge in [0.15, 0.2) is 0 Å². The van der Waals surface area contributed by atoms with Gasteiger partial charge in [-0.1, -0.05) is 44.2 Å². The molecule has 0 saturated heterocycles. The number of sulfonamides is 1. The minimum absolute atomic E-state index is 0.108. The van der Waals surface area contributed by atoms with E-state index in [1.807, 2.05) is 44.2 Å². The van der Waals surface area contributed by atoms with Crippen molar-refractivity contribution in [3.8, 4) is 0 Å². The molecular formula is C16H27NO4S. The van der Waals surface area contributed by atoms with Crippen LogP contribution in [0.25, 0.3) is 0 Å². The third-order valence-corrected chi connectivity index (χ3v) is 4.93. The fraction of sp³-hybridized carbons (Fsp3) is 0.625. The first-order valence-electron chi connectivity index (χ1n) is 7.45. The number of aliphatic hydroxyl groups excluding tert-OH is 1. The van der Waals surface area contributed by atoms with E-state index in [4.69, 9.17) is 9.84 Å². The molecule has 1 atom stereocenters. The molecule has 1 rings (SSSR count). The molecule has 0 aromatic heterocycles. The summed E-state index contributed by atoms with van der Waals surface area (Å²) < 4.78 is 32.5. The molecule has 2 N–H and O–H groups in total. The summed E-state index contributed by atoms with van der Waals surface area (Å²) in [6, 6.07) is 9.31. The number of hydrogen-bond acceptors (Lipinski definition) is 4. The molecule has 22 heavy (non-hydrogen) atoms. The Morgan fingerprint density at radius 3 is 2.45 bits per heavy atom. The highest BCUT2D eigenvalue weighted by molar-refractivity contribution is 7.89. The number of hydrogen-bond donors (Lipinski definition) is 2. The lowest BCUT2D eigenvalue weighted by Gasteiger charge is -2.25. The smallest absolute Gasteiger partial charge is 0.214 e. The molecule has 0 bridgehead atoms. The Morgan fingerprint density at radius 2 is 1.91 bits per heavy atom. The van der Waals surface area contributed by atoms with E-state index < -0.39 is 16.1 Å². The first-order chi connectivity index (χ1) is 10.3. The molecule has 1 aromatic rings. The lowest BCUT2D eigenvalue weighted by molar-refractivity contribution is 0.121. The normalized spacial score (nSPS) is 14.0. The Labute approximate surface area is 133 Å². The predicted molar refractivity (Wildman–Crippen MR) is 88.1 cm³/mol. The second-order valence-electron chi connectivity index (χ2n) is 6.23. The summed E-state index contributed by atoms with van der Waals surface area (Å²) in [4.78, 5) is 0. The van der Waals surface area contributed by atoms with Gasteiger partial charge in [-0.05, 0) is 23.8 Å². The van der Waals surface area contributed by atoms with Crippen molar-refractivity contribution in [3.05, 3.63) is 35.9 Å². The van der Waals surface area contributed by atoms with Crippen molar-refractivity contribution in [1.29, 1.82) is 0 Å². The summed E-state index contributed by atoms with van der Waals surface area (Å²) in [7, 11) is -1.92. The van der Waals surface area contributed by atoms with E-state index in [0.717, 1.165) is 12.0 Å². The second kappa shape index (κ2) is 8.62. The van der Waals surface area contributed by atoms with E-state index in [-0.39, 0.29) is 17.8 Å². The van der Waals surface area contributed by atoms with Crippen molar-refractivity contribution in [2.75, 3.05) is 26.0 Å². The molecule has 0 aliphatic heterocycles. The Morgan fingerprint density at radius 1 is 1.27 bits per heavy atom. The third-order valence-electron chi connectivity index (χ3n) is 3.61. The molecule has 0 saturated carbocycles. The molecule has 5 nitrogen and oxygen atoms in total. The van der Waals surface area contributed by atoms with E-state index in [2.05, 4.69) is 4.72 Å². The molecule has 0 amide bonds. The Bertz CT molecular complexity index is 528. The third kappa shape index (κ3) is 6.87. The minimum Gasteiger partial charge on any atom is -0.396 e. The van der Waals surface area contributed by atoms with Crippen molar-refractivity contribution in [3.63, 3.8) is 0 Å². The summed E-state index contributed by atoms with van der Waals surface area (Å²) in [6.45, 7) is 4.43. The van der Waals surface area contributed by atoms with Crippen molar-refractivity contribution >= 4 is 10.0 Å². The van der Waals surface area contributed by atoms with Gasteiger partial charge < -0.3 is 9.84 Å². The highest BCUT2D eigenvalue weighted by atomic mass is 32.2. The fourth-order valence-electron chi connectivity index (χ4n) is 2.18. The number of methoxy groups -OCH3 is 1. The highest BCUT2D eigenvalue weighted by Gasteiger charge is 2.24. The van der Waals surface area contributed by atoms with Crippen LogP contribution in [0.4, 0.5) is 0 Å². The largest absolute Gasteiger partial charge is 0.396 e. The summed E-state index contributed by atoms with van der Waals surface area (Å²) >= 11 is 0. The molecule has 0 aliphatic carbocycles. The van der Waals surface area contributed by atoms with E-state index in [0.29, 0.717) is 13.0 Å². The average molecular weight is 329 g/mol. The molecule has 0 radical (unpaired) electrons. The van der Waals surface area contributed by atoms with Gasteiger partial charge in [-0.2, -0.15) is 0 Å². The van der Waals surface area contributed by atoms with E-state index >= 15 is 0 Å². The van der Waals surface area contributed by atoms with Crippen LogP contribution in [0.1, 0.15) is 38.4 Å². The molecule has 0 heterocycles. The summed E-state index contributed by atoms with van der Waals surface area (Å²) in [5.74, 6) is -0.108. The summed E-state index contributed by atoms with van der Waals surface area (Å²) in [6.07, 6.45) is 0.942. The molecule has 126 valence electrons. The van der Waals surface area contributed by atoms with Gasteiger partial charge in [0, 0.05) is 20.3 Å². The fourth-order valence-corrected chi connectivity index (χ4v) is 3.63. The maximum absolute atomic E-state index is 12.3. The molecule has 0 spiro atoms. The highest BCUT2D eigenvalue weighted by Crippen LogP contribution is 2.22. The van der Waals surface area contributed by atoms with E-state index in [1.165, 1.54) is 7.11 Å². The van der Waals surface area contributed by atoms with E-state index in [1.54, 1.807) is 0 Å². The standard InChI is InChI=1S/C16H27NO4S/c1-16(2,10-7-11-18)13-17-22(19,20)12-15(21-3)14-8-5-4-6-9-14/h4-6,8-9,15,17-18H,7,10-13H2,1-3H3. The number of nitrogens with one attached hydrogen (secondary N) is 1. The van der Waals surface area contributed by atoms with Crippen molar-refractivity contribution in [2.24, 2.45) is 5.41 Å². The van der Waals surface area contributed by atoms with Crippen LogP contribution >= 0.6 is 0 Å². The van der Waals surface area contributed by atoms with E-state index in [9.17, 15) is 8.42 Å². The van der Waals surface area contributed by atoms with Gasteiger partial charge in [-0.3, -0.25) is 0 Å². The molecule has 6 heteroatoms. The van der Waals surface area contributed by atoms with Crippen LogP contribution in [0.5, 0.6) is 0 Å². The van der Waals surface area contributed by atoms with Gasteiger partial charge in [0.1, 0.15) is 0 Å². The molecule has 1 unspecified atom stereocenters. The Kier molecular flexibility index (Phi) is 7.48. The zero-order valence-electron chi connectivity index (χ0n) is 13.6. The zero-order valence-corrected chi connectivity index (χ0v) is 14.4. The number of benzene rings is 1. The maximum atomic E-state index is 12.3. The minimum atomic E-state index is -3.44. The summed E-state index contributed by atoms with van der Waals surface area (Å²) in [5.41, 5.74) is 0.653. The SMILES string of the molecule is COC(CS(=O)(=O)NCC(C)(C)CCCO)c1ccccc1. The number of aliphatic hydroxyl groups is 1. The van der Waals surface area contributed by atoms with Gasteiger partial charge in [-0.25, -0.2) is 13.1 Å². The molecule has 1 aromatic carbocycles. The maximum Gasteiger partial charge on any atom is 0.214 e. The lowest BCUT2D eigenvalue weighted by atomic mass is 9.88. The number of ether oxygens (including phenoxy) is 1. The van der Waals surface area contributed by atoms with Gasteiger partial charge in [-0.15, -0.1) is 0 Å². The van der Waals surface area contributed by atoms with Crippen LogP contribution in [0.2, 0.25) is 0 Å². The average Bonchev–Trinajstić information content (AvgIpc) is 2.50. The Hall–Kier alpha value is -0.950. The van der Waals surface area contributed by atoms with Crippen molar-refractivity contribution in [2.45, 2.75) is 32.8 Å². The first-order valence-corrected chi connectivity index (χ1v) is 9.11. The second-order valence-corrected chi connectivity index (χ2v) is 8.08. The lowest BCUT2D eigenvalue weighted by Crippen LogP contribution is -2.37. The molecule has 0 fully saturated rings. The first kappa shape index (κ1) is 19.1. The van der Waals surface area contributed by atoms with Gasteiger partial charge >= 0.3 is 0 Å². The monoisotopic (exact) mass is 329 g/mol. The quantitative estimate of drug-likeness (QED) is 0.689. The molecular weight excluding hydrogens is 302 g/mol. The van der Waals surface area contributed by atoms with Crippen LogP contribution in [0.3, 0.4) is 0 Å². The zero-order chi connectivity index (χ0) is 16.6. The van der Waals surface area contributed by atoms with Gasteiger partial charge in [0.2, 0.25) is 10.0 Å². The topological polar surface area (TPSA) is 75.6 Å². The van der Waals surface area contributed by atoms with Crippen LogP contribution in [0.15, 0.2) is 30.3 Å². The van der Waals surface area contributed by atoms with Gasteiger partial charge in [0.25, 0.3) is 0 Å². The number of rotatable bonds is 10. The Balaban J connectivity index is 2.62. The van der Waals surface area contributed by atoms with Crippen LogP contribution in [0, 0.1) is 5.41 Å². The van der Waals surface area contributed by atoms with Crippen molar-refractivity contribution in [1.82, 2.24) is 4.72 Å². The predicted octanol–water partition coefficient (Wildman–Crippen LogP) is 2.09.